The molecule has 1 aromatic rings. The molecule has 1 aliphatic heterocycles. The van der Waals surface area contributed by atoms with Crippen LogP contribution >= 0.6 is 15.9 Å². The molecule has 1 aliphatic rings. The molecule has 2 heterocycles. The second-order valence-electron chi connectivity index (χ2n) is 4.37. The van der Waals surface area contributed by atoms with Crippen molar-refractivity contribution in [3.63, 3.8) is 0 Å². The predicted octanol–water partition coefficient (Wildman–Crippen LogP) is 2.79. The number of rotatable bonds is 5. The van der Waals surface area contributed by atoms with E-state index in [2.05, 4.69) is 33.1 Å². The summed E-state index contributed by atoms with van der Waals surface area (Å²) in [7, 11) is 0. The van der Waals surface area contributed by atoms with Gasteiger partial charge >= 0.3 is 0 Å². The first-order valence-electron chi connectivity index (χ1n) is 5.96. The fourth-order valence-corrected chi connectivity index (χ4v) is 2.43. The summed E-state index contributed by atoms with van der Waals surface area (Å²) in [4.78, 5) is 2.51. The first kappa shape index (κ1) is 12.1. The van der Waals surface area contributed by atoms with E-state index in [-0.39, 0.29) is 6.04 Å². The first-order valence-corrected chi connectivity index (χ1v) is 6.76. The normalized spacial score (nSPS) is 19.1. The summed E-state index contributed by atoms with van der Waals surface area (Å²) in [6.45, 7) is 6.84. The zero-order chi connectivity index (χ0) is 11.4. The molecule has 1 N–H and O–H groups in total. The molecule has 1 saturated heterocycles. The molecule has 16 heavy (non-hydrogen) atoms. The second-order valence-corrected chi connectivity index (χ2v) is 5.15. The molecule has 0 saturated carbocycles. The molecule has 0 aliphatic carbocycles. The maximum Gasteiger partial charge on any atom is 0.169 e. The Morgan fingerprint density at radius 3 is 2.81 bits per heavy atom. The van der Waals surface area contributed by atoms with E-state index in [1.807, 2.05) is 12.1 Å². The van der Waals surface area contributed by atoms with Gasteiger partial charge in [-0.3, -0.25) is 0 Å². The van der Waals surface area contributed by atoms with Crippen molar-refractivity contribution in [3.8, 4) is 0 Å². The molecule has 0 bridgehead atoms. The average Bonchev–Trinajstić information content (AvgIpc) is 2.89. The number of furan rings is 1. The van der Waals surface area contributed by atoms with Crippen molar-refractivity contribution >= 4 is 15.9 Å². The lowest BCUT2D eigenvalue weighted by atomic mass is 10.2. The van der Waals surface area contributed by atoms with Gasteiger partial charge in [-0.2, -0.15) is 0 Å². The summed E-state index contributed by atoms with van der Waals surface area (Å²) in [5, 5.41) is 3.48. The van der Waals surface area contributed by atoms with E-state index in [0.717, 1.165) is 23.5 Å². The quantitative estimate of drug-likeness (QED) is 0.902. The molecular weight excluding hydrogens is 268 g/mol. The van der Waals surface area contributed by atoms with Crippen LogP contribution in [0.1, 0.15) is 31.6 Å². The number of hydrogen-bond acceptors (Lipinski definition) is 3. The van der Waals surface area contributed by atoms with E-state index < -0.39 is 0 Å². The van der Waals surface area contributed by atoms with E-state index in [9.17, 15) is 0 Å². The summed E-state index contributed by atoms with van der Waals surface area (Å²) < 4.78 is 6.31. The van der Waals surface area contributed by atoms with Crippen LogP contribution < -0.4 is 5.32 Å². The van der Waals surface area contributed by atoms with Gasteiger partial charge in [0, 0.05) is 13.1 Å². The molecule has 0 radical (unpaired) electrons. The van der Waals surface area contributed by atoms with E-state index in [1.54, 1.807) is 0 Å². The van der Waals surface area contributed by atoms with Gasteiger partial charge in [0.15, 0.2) is 4.67 Å². The van der Waals surface area contributed by atoms with Gasteiger partial charge in [-0.25, -0.2) is 0 Å². The van der Waals surface area contributed by atoms with Crippen LogP contribution in [0.15, 0.2) is 21.2 Å². The maximum absolute atomic E-state index is 5.51. The maximum atomic E-state index is 5.51. The minimum Gasteiger partial charge on any atom is -0.453 e. The van der Waals surface area contributed by atoms with E-state index in [4.69, 9.17) is 4.42 Å². The summed E-state index contributed by atoms with van der Waals surface area (Å²) in [6.07, 6.45) is 2.72. The highest BCUT2D eigenvalue weighted by Crippen LogP contribution is 2.19. The van der Waals surface area contributed by atoms with Gasteiger partial charge in [0.2, 0.25) is 0 Å². The molecule has 0 spiro atoms. The van der Waals surface area contributed by atoms with Crippen LogP contribution in [0.3, 0.4) is 0 Å². The summed E-state index contributed by atoms with van der Waals surface area (Å²) in [5.41, 5.74) is 0. The Morgan fingerprint density at radius 1 is 1.44 bits per heavy atom. The molecule has 1 unspecified atom stereocenters. The second kappa shape index (κ2) is 5.84. The highest BCUT2D eigenvalue weighted by molar-refractivity contribution is 9.10. The smallest absolute Gasteiger partial charge is 0.169 e. The molecular formula is C12H19BrN2O. The van der Waals surface area contributed by atoms with Gasteiger partial charge in [-0.05, 0) is 60.9 Å². The Morgan fingerprint density at radius 2 is 2.19 bits per heavy atom. The number of likely N-dealkylation sites (tertiary alicyclic amines) is 1. The Labute approximate surface area is 105 Å². The van der Waals surface area contributed by atoms with Gasteiger partial charge in [-0.1, -0.05) is 0 Å². The third kappa shape index (κ3) is 3.34. The topological polar surface area (TPSA) is 28.4 Å². The SMILES string of the molecule is CC(NCCN1CCCC1)c1ccc(Br)o1. The van der Waals surface area contributed by atoms with Crippen molar-refractivity contribution in [3.05, 3.63) is 22.6 Å². The van der Waals surface area contributed by atoms with Gasteiger partial charge in [0.25, 0.3) is 0 Å². The minimum absolute atomic E-state index is 0.286. The first-order chi connectivity index (χ1) is 7.75. The van der Waals surface area contributed by atoms with Crippen LogP contribution in [0, 0.1) is 0 Å². The minimum atomic E-state index is 0.286. The Bertz CT molecular complexity index is 321. The predicted molar refractivity (Wildman–Crippen MR) is 68.5 cm³/mol. The Hall–Kier alpha value is -0.320. The van der Waals surface area contributed by atoms with Crippen LogP contribution in [0.25, 0.3) is 0 Å². The summed E-state index contributed by atoms with van der Waals surface area (Å²) >= 11 is 3.32. The van der Waals surface area contributed by atoms with E-state index >= 15 is 0 Å². The van der Waals surface area contributed by atoms with Crippen molar-refractivity contribution in [2.75, 3.05) is 26.2 Å². The summed E-state index contributed by atoms with van der Waals surface area (Å²) in [6, 6.07) is 4.24. The van der Waals surface area contributed by atoms with Crippen molar-refractivity contribution in [2.24, 2.45) is 0 Å². The van der Waals surface area contributed by atoms with E-state index in [1.165, 1.54) is 25.9 Å². The molecule has 1 fully saturated rings. The lowest BCUT2D eigenvalue weighted by Gasteiger charge is -2.17. The van der Waals surface area contributed by atoms with Crippen LogP contribution in [0.2, 0.25) is 0 Å². The van der Waals surface area contributed by atoms with Crippen molar-refractivity contribution in [2.45, 2.75) is 25.8 Å². The molecule has 0 aromatic carbocycles. The lowest BCUT2D eigenvalue weighted by molar-refractivity contribution is 0.322. The Balaban J connectivity index is 1.69. The average molecular weight is 287 g/mol. The molecule has 1 aromatic heterocycles. The fraction of sp³-hybridized carbons (Fsp3) is 0.667. The lowest BCUT2D eigenvalue weighted by Crippen LogP contribution is -2.31. The standard InChI is InChI=1S/C12H19BrN2O/c1-10(11-4-5-12(13)16-11)14-6-9-15-7-2-3-8-15/h4-5,10,14H,2-3,6-9H2,1H3. The number of nitrogens with zero attached hydrogens (tertiary/aromatic N) is 1. The highest BCUT2D eigenvalue weighted by Gasteiger charge is 2.12. The Kier molecular flexibility index (Phi) is 4.44. The van der Waals surface area contributed by atoms with Gasteiger partial charge in [0.05, 0.1) is 6.04 Å². The van der Waals surface area contributed by atoms with Gasteiger partial charge < -0.3 is 14.6 Å². The van der Waals surface area contributed by atoms with Gasteiger partial charge in [-0.15, -0.1) is 0 Å². The number of nitrogens with one attached hydrogen (secondary N) is 1. The monoisotopic (exact) mass is 286 g/mol. The molecule has 1 atom stereocenters. The van der Waals surface area contributed by atoms with Crippen molar-refractivity contribution in [1.29, 1.82) is 0 Å². The molecule has 4 heteroatoms. The number of hydrogen-bond donors (Lipinski definition) is 1. The third-order valence-electron chi connectivity index (χ3n) is 3.10. The zero-order valence-corrected chi connectivity index (χ0v) is 11.3. The molecule has 2 rings (SSSR count). The highest BCUT2D eigenvalue weighted by atomic mass is 79.9. The van der Waals surface area contributed by atoms with Crippen LogP contribution in [-0.4, -0.2) is 31.1 Å². The largest absolute Gasteiger partial charge is 0.453 e. The zero-order valence-electron chi connectivity index (χ0n) is 9.71. The van der Waals surface area contributed by atoms with Gasteiger partial charge in [0.1, 0.15) is 5.76 Å². The molecule has 3 nitrogen and oxygen atoms in total. The van der Waals surface area contributed by atoms with Crippen molar-refractivity contribution < 1.29 is 4.42 Å². The summed E-state index contributed by atoms with van der Waals surface area (Å²) in [5.74, 6) is 0.994. The van der Waals surface area contributed by atoms with Crippen LogP contribution in [-0.2, 0) is 0 Å². The third-order valence-corrected chi connectivity index (χ3v) is 3.52. The van der Waals surface area contributed by atoms with Crippen LogP contribution in [0.4, 0.5) is 0 Å². The molecule has 0 amide bonds. The van der Waals surface area contributed by atoms with Crippen molar-refractivity contribution in [1.82, 2.24) is 10.2 Å². The number of halogens is 1. The fourth-order valence-electron chi connectivity index (χ4n) is 2.11. The van der Waals surface area contributed by atoms with Crippen LogP contribution in [0.5, 0.6) is 0 Å². The van der Waals surface area contributed by atoms with E-state index in [0.29, 0.717) is 0 Å². The molecule has 90 valence electrons.